The summed E-state index contributed by atoms with van der Waals surface area (Å²) < 4.78 is 5.06. The van der Waals surface area contributed by atoms with Crippen molar-refractivity contribution in [2.24, 2.45) is 5.10 Å². The number of carbonyl (C=O) groups is 2. The number of hydrogen-bond donors (Lipinski definition) is 2. The van der Waals surface area contributed by atoms with Gasteiger partial charge in [0.25, 0.3) is 0 Å². The summed E-state index contributed by atoms with van der Waals surface area (Å²) in [5.74, 6) is 0.0357. The predicted octanol–water partition coefficient (Wildman–Crippen LogP) is 3.87. The molecular formula is C18H17Cl2N3O3. The number of carbonyl (C=O) groups excluding carboxylic acids is 2. The lowest BCUT2D eigenvalue weighted by Crippen LogP contribution is -2.20. The standard InChI is InChI=1S/C18H17Cl2N3O3/c1-26-14-5-2-12(3-6-14)11-21-23-18(25)9-8-17(24)22-16-7-4-13(19)10-15(16)20/h2-7,10-11H,8-9H2,1H3,(H,22,24)(H,23,25). The second-order valence-corrected chi connectivity index (χ2v) is 6.08. The van der Waals surface area contributed by atoms with E-state index < -0.39 is 0 Å². The van der Waals surface area contributed by atoms with Gasteiger partial charge in [0, 0.05) is 17.9 Å². The van der Waals surface area contributed by atoms with Crippen LogP contribution in [0.5, 0.6) is 5.75 Å². The molecule has 8 heteroatoms. The van der Waals surface area contributed by atoms with Crippen molar-refractivity contribution in [3.8, 4) is 5.75 Å². The van der Waals surface area contributed by atoms with Crippen molar-refractivity contribution in [2.75, 3.05) is 12.4 Å². The maximum absolute atomic E-state index is 11.9. The Bertz CT molecular complexity index is 808. The second-order valence-electron chi connectivity index (χ2n) is 5.24. The molecule has 0 aromatic heterocycles. The molecule has 0 aliphatic rings. The molecule has 0 radical (unpaired) electrons. The lowest BCUT2D eigenvalue weighted by Gasteiger charge is -2.07. The van der Waals surface area contributed by atoms with Crippen LogP contribution in [-0.2, 0) is 9.59 Å². The average molecular weight is 394 g/mol. The molecular weight excluding hydrogens is 377 g/mol. The first-order valence-electron chi connectivity index (χ1n) is 7.69. The minimum Gasteiger partial charge on any atom is -0.497 e. The van der Waals surface area contributed by atoms with Gasteiger partial charge in [-0.25, -0.2) is 5.43 Å². The third kappa shape index (κ3) is 6.38. The van der Waals surface area contributed by atoms with Crippen LogP contribution in [0, 0.1) is 0 Å². The second kappa shape index (κ2) is 9.79. The van der Waals surface area contributed by atoms with E-state index in [1.807, 2.05) is 0 Å². The van der Waals surface area contributed by atoms with Crippen LogP contribution >= 0.6 is 23.2 Å². The van der Waals surface area contributed by atoms with Gasteiger partial charge in [0.2, 0.25) is 11.8 Å². The number of rotatable bonds is 7. The maximum Gasteiger partial charge on any atom is 0.240 e. The van der Waals surface area contributed by atoms with Gasteiger partial charge < -0.3 is 10.1 Å². The van der Waals surface area contributed by atoms with Crippen molar-refractivity contribution >= 4 is 46.9 Å². The van der Waals surface area contributed by atoms with Crippen LogP contribution in [-0.4, -0.2) is 25.1 Å². The van der Waals surface area contributed by atoms with E-state index >= 15 is 0 Å². The van der Waals surface area contributed by atoms with Crippen LogP contribution in [0.1, 0.15) is 18.4 Å². The zero-order chi connectivity index (χ0) is 18.9. The van der Waals surface area contributed by atoms with Crippen molar-refractivity contribution in [1.82, 2.24) is 5.43 Å². The summed E-state index contributed by atoms with van der Waals surface area (Å²) in [7, 11) is 1.58. The topological polar surface area (TPSA) is 79.8 Å². The summed E-state index contributed by atoms with van der Waals surface area (Å²) in [6, 6.07) is 11.9. The molecule has 0 atom stereocenters. The van der Waals surface area contributed by atoms with E-state index in [0.29, 0.717) is 15.7 Å². The molecule has 0 saturated heterocycles. The molecule has 0 fully saturated rings. The van der Waals surface area contributed by atoms with E-state index in [4.69, 9.17) is 27.9 Å². The summed E-state index contributed by atoms with van der Waals surface area (Å²) in [4.78, 5) is 23.6. The number of amides is 2. The first-order chi connectivity index (χ1) is 12.5. The summed E-state index contributed by atoms with van der Waals surface area (Å²) in [6.07, 6.45) is 1.50. The number of anilines is 1. The fourth-order valence-corrected chi connectivity index (χ4v) is 2.41. The fraction of sp³-hybridized carbons (Fsp3) is 0.167. The molecule has 0 aliphatic carbocycles. The molecule has 26 heavy (non-hydrogen) atoms. The van der Waals surface area contributed by atoms with Crippen LogP contribution in [0.2, 0.25) is 10.0 Å². The van der Waals surface area contributed by atoms with Crippen LogP contribution in [0.15, 0.2) is 47.6 Å². The highest BCUT2D eigenvalue weighted by Gasteiger charge is 2.09. The molecule has 0 heterocycles. The Morgan fingerprint density at radius 3 is 2.42 bits per heavy atom. The molecule has 2 amide bonds. The van der Waals surface area contributed by atoms with Crippen molar-refractivity contribution in [1.29, 1.82) is 0 Å². The molecule has 0 spiro atoms. The van der Waals surface area contributed by atoms with Gasteiger partial charge in [-0.15, -0.1) is 0 Å². The molecule has 0 aliphatic heterocycles. The van der Waals surface area contributed by atoms with Gasteiger partial charge >= 0.3 is 0 Å². The first kappa shape index (κ1) is 19.8. The van der Waals surface area contributed by atoms with Gasteiger partial charge in [-0.3, -0.25) is 9.59 Å². The maximum atomic E-state index is 11.9. The number of nitrogens with one attached hydrogen (secondary N) is 2. The fourth-order valence-electron chi connectivity index (χ4n) is 1.96. The summed E-state index contributed by atoms with van der Waals surface area (Å²) >= 11 is 11.8. The van der Waals surface area contributed by atoms with Gasteiger partial charge in [-0.05, 0) is 48.0 Å². The highest BCUT2D eigenvalue weighted by atomic mass is 35.5. The third-order valence-corrected chi connectivity index (χ3v) is 3.85. The van der Waals surface area contributed by atoms with E-state index in [1.54, 1.807) is 43.5 Å². The molecule has 0 saturated carbocycles. The zero-order valence-electron chi connectivity index (χ0n) is 14.0. The van der Waals surface area contributed by atoms with Crippen molar-refractivity contribution in [2.45, 2.75) is 12.8 Å². The highest BCUT2D eigenvalue weighted by molar-refractivity contribution is 6.36. The van der Waals surface area contributed by atoms with E-state index in [-0.39, 0.29) is 24.7 Å². The quantitative estimate of drug-likeness (QED) is 0.553. The molecule has 6 nitrogen and oxygen atoms in total. The van der Waals surface area contributed by atoms with Gasteiger partial charge in [0.05, 0.1) is 24.0 Å². The SMILES string of the molecule is COc1ccc(C=NNC(=O)CCC(=O)Nc2ccc(Cl)cc2Cl)cc1. The molecule has 2 rings (SSSR count). The van der Waals surface area contributed by atoms with Gasteiger partial charge in [-0.1, -0.05) is 23.2 Å². The molecule has 0 bridgehead atoms. The minimum atomic E-state index is -0.368. The van der Waals surface area contributed by atoms with Crippen molar-refractivity contribution in [3.63, 3.8) is 0 Å². The molecule has 2 N–H and O–H groups in total. The van der Waals surface area contributed by atoms with Crippen LogP contribution < -0.4 is 15.5 Å². The summed E-state index contributed by atoms with van der Waals surface area (Å²) in [5.41, 5.74) is 3.62. The number of ether oxygens (including phenoxy) is 1. The van der Waals surface area contributed by atoms with Gasteiger partial charge in [0.1, 0.15) is 5.75 Å². The Kier molecular flexibility index (Phi) is 7.44. The average Bonchev–Trinajstić information content (AvgIpc) is 2.63. The number of hydrogen-bond acceptors (Lipinski definition) is 4. The predicted molar refractivity (Wildman–Crippen MR) is 103 cm³/mol. The van der Waals surface area contributed by atoms with E-state index in [2.05, 4.69) is 15.8 Å². The smallest absolute Gasteiger partial charge is 0.240 e. The van der Waals surface area contributed by atoms with E-state index in [1.165, 1.54) is 12.3 Å². The summed E-state index contributed by atoms with van der Waals surface area (Å²) in [6.45, 7) is 0. The number of methoxy groups -OCH3 is 1. The molecule has 136 valence electrons. The van der Waals surface area contributed by atoms with E-state index in [0.717, 1.165) is 11.3 Å². The lowest BCUT2D eigenvalue weighted by atomic mass is 10.2. The van der Waals surface area contributed by atoms with Crippen LogP contribution in [0.3, 0.4) is 0 Å². The minimum absolute atomic E-state index is 0.00282. The van der Waals surface area contributed by atoms with Crippen LogP contribution in [0.25, 0.3) is 0 Å². The van der Waals surface area contributed by atoms with Gasteiger partial charge in [-0.2, -0.15) is 5.10 Å². The zero-order valence-corrected chi connectivity index (χ0v) is 15.5. The number of nitrogens with zero attached hydrogens (tertiary/aromatic N) is 1. The Balaban J connectivity index is 1.75. The Hall–Kier alpha value is -2.57. The first-order valence-corrected chi connectivity index (χ1v) is 8.44. The monoisotopic (exact) mass is 393 g/mol. The highest BCUT2D eigenvalue weighted by Crippen LogP contribution is 2.25. The number of benzene rings is 2. The summed E-state index contributed by atoms with van der Waals surface area (Å²) in [5, 5.41) is 7.28. The Morgan fingerprint density at radius 1 is 1.08 bits per heavy atom. The third-order valence-electron chi connectivity index (χ3n) is 3.30. The number of halogens is 2. The van der Waals surface area contributed by atoms with Gasteiger partial charge in [0.15, 0.2) is 0 Å². The van der Waals surface area contributed by atoms with Crippen molar-refractivity contribution in [3.05, 3.63) is 58.1 Å². The largest absolute Gasteiger partial charge is 0.497 e. The lowest BCUT2D eigenvalue weighted by molar-refractivity contribution is -0.124. The molecule has 2 aromatic carbocycles. The normalized spacial score (nSPS) is 10.6. The Labute approximate surface area is 161 Å². The molecule has 2 aromatic rings. The Morgan fingerprint density at radius 2 is 1.77 bits per heavy atom. The van der Waals surface area contributed by atoms with E-state index in [9.17, 15) is 9.59 Å². The van der Waals surface area contributed by atoms with Crippen LogP contribution in [0.4, 0.5) is 5.69 Å². The molecule has 0 unspecified atom stereocenters. The van der Waals surface area contributed by atoms with Crippen molar-refractivity contribution < 1.29 is 14.3 Å². The number of hydrazone groups is 1.